The summed E-state index contributed by atoms with van der Waals surface area (Å²) < 4.78 is 2.31. The van der Waals surface area contributed by atoms with E-state index in [-0.39, 0.29) is 11.5 Å². The lowest BCUT2D eigenvalue weighted by Crippen LogP contribution is -2.17. The molecule has 3 N–H and O–H groups in total. The van der Waals surface area contributed by atoms with Gasteiger partial charge in [-0.05, 0) is 35.4 Å². The van der Waals surface area contributed by atoms with Crippen molar-refractivity contribution >= 4 is 34.1 Å². The van der Waals surface area contributed by atoms with E-state index in [9.17, 15) is 4.79 Å². The van der Waals surface area contributed by atoms with Crippen LogP contribution in [-0.4, -0.2) is 19.6 Å². The lowest BCUT2D eigenvalue weighted by molar-refractivity contribution is 0.640. The molecule has 0 bridgehead atoms. The third-order valence-electron chi connectivity index (χ3n) is 3.22. The van der Waals surface area contributed by atoms with Crippen LogP contribution in [0, 0.1) is 3.70 Å². The van der Waals surface area contributed by atoms with E-state index in [0.717, 1.165) is 18.7 Å². The number of fused-ring (bicyclic) bond motifs is 1. The molecule has 0 spiro atoms. The van der Waals surface area contributed by atoms with Gasteiger partial charge in [0.1, 0.15) is 9.53 Å². The van der Waals surface area contributed by atoms with Gasteiger partial charge in [-0.3, -0.25) is 9.78 Å². The van der Waals surface area contributed by atoms with Crippen LogP contribution in [0.25, 0.3) is 5.52 Å². The van der Waals surface area contributed by atoms with Crippen molar-refractivity contribution in [2.45, 2.75) is 31.6 Å². The minimum atomic E-state index is -0.223. The second-order valence-corrected chi connectivity index (χ2v) is 5.36. The molecule has 1 fully saturated rings. The second-order valence-electron chi connectivity index (χ2n) is 4.34. The summed E-state index contributed by atoms with van der Waals surface area (Å²) in [6.07, 6.45) is 4.66. The highest BCUT2D eigenvalue weighted by Crippen LogP contribution is 2.33. The minimum absolute atomic E-state index is 0.135. The van der Waals surface area contributed by atoms with Crippen LogP contribution in [0.3, 0.4) is 0 Å². The highest BCUT2D eigenvalue weighted by atomic mass is 127. The number of hydrogen-bond acceptors (Lipinski definition) is 4. The van der Waals surface area contributed by atoms with Crippen LogP contribution >= 0.6 is 22.6 Å². The number of aromatic amines is 1. The lowest BCUT2D eigenvalue weighted by atomic mass is 10.1. The molecule has 1 aliphatic carbocycles. The highest BCUT2D eigenvalue weighted by molar-refractivity contribution is 14.1. The SMILES string of the molecule is Nc1nn2c(C3CCCC3)nc(I)c2c(=O)[nH]1. The number of nitrogens with one attached hydrogen (secondary N) is 1. The quantitative estimate of drug-likeness (QED) is 0.762. The summed E-state index contributed by atoms with van der Waals surface area (Å²) >= 11 is 2.07. The van der Waals surface area contributed by atoms with E-state index in [4.69, 9.17) is 5.73 Å². The number of anilines is 1. The Kier molecular flexibility index (Phi) is 2.57. The van der Waals surface area contributed by atoms with Crippen molar-refractivity contribution in [1.29, 1.82) is 0 Å². The maximum Gasteiger partial charge on any atom is 0.279 e. The van der Waals surface area contributed by atoms with Gasteiger partial charge >= 0.3 is 0 Å². The first kappa shape index (κ1) is 11.0. The van der Waals surface area contributed by atoms with Gasteiger partial charge in [0.2, 0.25) is 5.95 Å². The summed E-state index contributed by atoms with van der Waals surface area (Å²) in [5, 5.41) is 4.17. The molecule has 1 saturated carbocycles. The Balaban J connectivity index is 2.29. The summed E-state index contributed by atoms with van der Waals surface area (Å²) in [7, 11) is 0. The first-order valence-corrected chi connectivity index (χ1v) is 6.68. The molecule has 0 aromatic carbocycles. The van der Waals surface area contributed by atoms with Crippen LogP contribution in [-0.2, 0) is 0 Å². The average molecular weight is 345 g/mol. The molecule has 0 radical (unpaired) electrons. The number of rotatable bonds is 1. The van der Waals surface area contributed by atoms with Crippen molar-refractivity contribution in [1.82, 2.24) is 19.6 Å². The van der Waals surface area contributed by atoms with Crippen molar-refractivity contribution < 1.29 is 0 Å². The Morgan fingerprint density at radius 2 is 2.12 bits per heavy atom. The smallest absolute Gasteiger partial charge is 0.279 e. The largest absolute Gasteiger partial charge is 0.368 e. The molecule has 6 nitrogen and oxygen atoms in total. The minimum Gasteiger partial charge on any atom is -0.368 e. The number of halogens is 1. The van der Waals surface area contributed by atoms with E-state index < -0.39 is 0 Å². The highest BCUT2D eigenvalue weighted by Gasteiger charge is 2.24. The number of hydrogen-bond donors (Lipinski definition) is 2. The molecule has 0 aliphatic heterocycles. The molecule has 90 valence electrons. The van der Waals surface area contributed by atoms with Gasteiger partial charge in [0.05, 0.1) is 0 Å². The Morgan fingerprint density at radius 1 is 1.41 bits per heavy atom. The number of nitrogens with zero attached hydrogens (tertiary/aromatic N) is 3. The first-order chi connectivity index (χ1) is 8.16. The Labute approximate surface area is 111 Å². The van der Waals surface area contributed by atoms with Gasteiger partial charge in [-0.1, -0.05) is 12.8 Å². The standard InChI is InChI=1S/C10H12IN5O/c11-7-6-9(17)14-10(12)15-16(6)8(13-7)5-3-1-2-4-5/h5H,1-4H2,(H3,12,14,15,17). The van der Waals surface area contributed by atoms with Gasteiger partial charge in [0.25, 0.3) is 5.56 Å². The van der Waals surface area contributed by atoms with Gasteiger partial charge in [-0.25, -0.2) is 9.50 Å². The first-order valence-electron chi connectivity index (χ1n) is 5.60. The summed E-state index contributed by atoms with van der Waals surface area (Å²) in [4.78, 5) is 18.8. The maximum absolute atomic E-state index is 11.8. The van der Waals surface area contributed by atoms with Crippen LogP contribution in [0.5, 0.6) is 0 Å². The number of nitrogen functional groups attached to an aromatic ring is 1. The molecule has 1 aliphatic rings. The number of nitrogens with two attached hydrogens (primary N) is 1. The van der Waals surface area contributed by atoms with E-state index in [0.29, 0.717) is 15.1 Å². The predicted octanol–water partition coefficient (Wildman–Crippen LogP) is 1.26. The molecule has 17 heavy (non-hydrogen) atoms. The number of imidazole rings is 1. The summed E-state index contributed by atoms with van der Waals surface area (Å²) in [6.45, 7) is 0. The van der Waals surface area contributed by atoms with E-state index in [1.165, 1.54) is 12.8 Å². The van der Waals surface area contributed by atoms with Crippen molar-refractivity contribution in [3.8, 4) is 0 Å². The van der Waals surface area contributed by atoms with Crippen molar-refractivity contribution in [3.05, 3.63) is 19.9 Å². The van der Waals surface area contributed by atoms with E-state index in [1.54, 1.807) is 4.52 Å². The fourth-order valence-corrected chi connectivity index (χ4v) is 3.17. The zero-order valence-corrected chi connectivity index (χ0v) is 11.3. The van der Waals surface area contributed by atoms with Crippen LogP contribution in [0.2, 0.25) is 0 Å². The van der Waals surface area contributed by atoms with Crippen molar-refractivity contribution in [3.63, 3.8) is 0 Å². The molecular formula is C10H12IN5O. The zero-order valence-electron chi connectivity index (χ0n) is 9.11. The van der Waals surface area contributed by atoms with Gasteiger partial charge in [0.15, 0.2) is 5.52 Å². The van der Waals surface area contributed by atoms with E-state index in [1.807, 2.05) is 0 Å². The topological polar surface area (TPSA) is 89.1 Å². The Hall–Kier alpha value is -1.12. The van der Waals surface area contributed by atoms with Crippen LogP contribution in [0.1, 0.15) is 37.4 Å². The van der Waals surface area contributed by atoms with Crippen LogP contribution < -0.4 is 11.3 Å². The molecule has 0 saturated heterocycles. The summed E-state index contributed by atoms with van der Waals surface area (Å²) in [6, 6.07) is 0. The molecule has 3 rings (SSSR count). The van der Waals surface area contributed by atoms with Crippen LogP contribution in [0.15, 0.2) is 4.79 Å². The molecule has 2 aromatic rings. The van der Waals surface area contributed by atoms with E-state index >= 15 is 0 Å². The molecule has 2 aromatic heterocycles. The lowest BCUT2D eigenvalue weighted by Gasteiger charge is -2.06. The Morgan fingerprint density at radius 3 is 2.82 bits per heavy atom. The molecule has 0 atom stereocenters. The van der Waals surface area contributed by atoms with Crippen LogP contribution in [0.4, 0.5) is 5.95 Å². The maximum atomic E-state index is 11.8. The van der Waals surface area contributed by atoms with Gasteiger partial charge in [-0.15, -0.1) is 5.10 Å². The van der Waals surface area contributed by atoms with Crippen molar-refractivity contribution in [2.75, 3.05) is 5.73 Å². The fourth-order valence-electron chi connectivity index (χ4n) is 2.45. The third-order valence-corrected chi connectivity index (χ3v) is 3.97. The molecule has 0 amide bonds. The third kappa shape index (κ3) is 1.72. The second kappa shape index (κ2) is 3.97. The predicted molar refractivity (Wildman–Crippen MR) is 71.9 cm³/mol. The molecule has 2 heterocycles. The monoisotopic (exact) mass is 345 g/mol. The number of H-pyrrole nitrogens is 1. The molecule has 0 unspecified atom stereocenters. The summed E-state index contributed by atoms with van der Waals surface area (Å²) in [5.41, 5.74) is 5.86. The van der Waals surface area contributed by atoms with Gasteiger partial charge < -0.3 is 5.73 Å². The fraction of sp³-hybridized carbons (Fsp3) is 0.500. The zero-order chi connectivity index (χ0) is 12.0. The summed E-state index contributed by atoms with van der Waals surface area (Å²) in [5.74, 6) is 1.41. The van der Waals surface area contributed by atoms with Gasteiger partial charge in [-0.2, -0.15) is 0 Å². The molecule has 7 heteroatoms. The van der Waals surface area contributed by atoms with Gasteiger partial charge in [0, 0.05) is 5.92 Å². The average Bonchev–Trinajstić information content (AvgIpc) is 2.85. The number of aromatic nitrogens is 4. The van der Waals surface area contributed by atoms with Crippen molar-refractivity contribution in [2.24, 2.45) is 0 Å². The normalized spacial score (nSPS) is 17.0. The Bertz CT molecular complexity index is 625. The molecular weight excluding hydrogens is 333 g/mol. The van der Waals surface area contributed by atoms with E-state index in [2.05, 4.69) is 37.7 Å².